The lowest BCUT2D eigenvalue weighted by Crippen LogP contribution is -2.28. The Hall–Kier alpha value is -0.0800. The molecule has 0 spiro atoms. The molecule has 0 aliphatic rings. The molecule has 0 rings (SSSR count). The molecule has 62 valence electrons. The van der Waals surface area contributed by atoms with Crippen LogP contribution in [-0.4, -0.2) is 18.8 Å². The van der Waals surface area contributed by atoms with E-state index in [4.69, 9.17) is 10.5 Å². The first-order chi connectivity index (χ1) is 4.54. The molecular formula is C8H19NO. The molecule has 0 bridgehead atoms. The van der Waals surface area contributed by atoms with Gasteiger partial charge >= 0.3 is 0 Å². The minimum Gasteiger partial charge on any atom is -0.378 e. The Morgan fingerprint density at radius 1 is 1.20 bits per heavy atom. The number of ether oxygens (including phenoxy) is 1. The van der Waals surface area contributed by atoms with Crippen molar-refractivity contribution in [1.29, 1.82) is 0 Å². The Kier molecular flexibility index (Phi) is 4.65. The molecule has 0 amide bonds. The first kappa shape index (κ1) is 9.92. The highest BCUT2D eigenvalue weighted by atomic mass is 16.5. The van der Waals surface area contributed by atoms with Gasteiger partial charge in [0.15, 0.2) is 0 Å². The van der Waals surface area contributed by atoms with Gasteiger partial charge in [0.25, 0.3) is 0 Å². The lowest BCUT2D eigenvalue weighted by molar-refractivity contribution is 0.0506. The Labute approximate surface area is 63.7 Å². The molecule has 0 aromatic carbocycles. The van der Waals surface area contributed by atoms with E-state index in [1.165, 1.54) is 0 Å². The summed E-state index contributed by atoms with van der Waals surface area (Å²) < 4.78 is 5.38. The molecule has 2 atom stereocenters. The van der Waals surface area contributed by atoms with Gasteiger partial charge < -0.3 is 10.5 Å². The third kappa shape index (κ3) is 4.77. The molecule has 0 saturated heterocycles. The van der Waals surface area contributed by atoms with Crippen molar-refractivity contribution in [3.8, 4) is 0 Å². The predicted octanol–water partition coefficient (Wildman–Crippen LogP) is 1.39. The van der Waals surface area contributed by atoms with Gasteiger partial charge in [-0.2, -0.15) is 0 Å². The second kappa shape index (κ2) is 4.69. The molecule has 0 saturated carbocycles. The topological polar surface area (TPSA) is 35.2 Å². The Morgan fingerprint density at radius 3 is 2.00 bits per heavy atom. The smallest absolute Gasteiger partial charge is 0.0519 e. The van der Waals surface area contributed by atoms with E-state index in [1.54, 1.807) is 0 Å². The fraction of sp³-hybridized carbons (Fsp3) is 1.00. The molecule has 0 heterocycles. The van der Waals surface area contributed by atoms with Gasteiger partial charge in [-0.1, -0.05) is 6.92 Å². The average molecular weight is 145 g/mol. The molecule has 10 heavy (non-hydrogen) atoms. The lowest BCUT2D eigenvalue weighted by atomic mass is 10.1. The molecule has 2 unspecified atom stereocenters. The maximum absolute atomic E-state index is 5.64. The van der Waals surface area contributed by atoms with Crippen molar-refractivity contribution in [2.24, 2.45) is 11.7 Å². The molecule has 2 N–H and O–H groups in total. The van der Waals surface area contributed by atoms with Crippen LogP contribution >= 0.6 is 0 Å². The summed E-state index contributed by atoms with van der Waals surface area (Å²) in [6.07, 6.45) is 0.321. The molecule has 2 nitrogen and oxygen atoms in total. The van der Waals surface area contributed by atoms with E-state index >= 15 is 0 Å². The summed E-state index contributed by atoms with van der Waals surface area (Å²) in [5.41, 5.74) is 5.64. The summed E-state index contributed by atoms with van der Waals surface area (Å²) in [5, 5.41) is 0. The fourth-order valence-electron chi connectivity index (χ4n) is 0.496. The number of rotatable bonds is 4. The number of nitrogens with two attached hydrogens (primary N) is 1. The first-order valence-corrected chi connectivity index (χ1v) is 3.91. The monoisotopic (exact) mass is 145 g/mol. The molecule has 0 radical (unpaired) electrons. The SMILES string of the molecule is CC(C)OCC(C)C(C)N. The van der Waals surface area contributed by atoms with Crippen LogP contribution in [0, 0.1) is 5.92 Å². The zero-order chi connectivity index (χ0) is 8.15. The summed E-state index contributed by atoms with van der Waals surface area (Å²) in [4.78, 5) is 0. The van der Waals surface area contributed by atoms with Crippen molar-refractivity contribution in [2.75, 3.05) is 6.61 Å². The Balaban J connectivity index is 3.30. The van der Waals surface area contributed by atoms with Gasteiger partial charge in [0.1, 0.15) is 0 Å². The minimum absolute atomic E-state index is 0.235. The van der Waals surface area contributed by atoms with Crippen LogP contribution in [0.25, 0.3) is 0 Å². The van der Waals surface area contributed by atoms with E-state index in [1.807, 2.05) is 20.8 Å². The highest BCUT2D eigenvalue weighted by Crippen LogP contribution is 2.01. The normalized spacial score (nSPS) is 17.4. The molecule has 0 aliphatic carbocycles. The van der Waals surface area contributed by atoms with Crippen molar-refractivity contribution in [2.45, 2.75) is 39.8 Å². The van der Waals surface area contributed by atoms with E-state index < -0.39 is 0 Å². The summed E-state index contributed by atoms with van der Waals surface area (Å²) in [6.45, 7) is 8.96. The number of hydrogen-bond acceptors (Lipinski definition) is 2. The van der Waals surface area contributed by atoms with Crippen LogP contribution in [0.4, 0.5) is 0 Å². The van der Waals surface area contributed by atoms with E-state index in [2.05, 4.69) is 6.92 Å². The highest BCUT2D eigenvalue weighted by molar-refractivity contribution is 4.62. The molecule has 0 aliphatic heterocycles. The summed E-state index contributed by atoms with van der Waals surface area (Å²) >= 11 is 0. The maximum atomic E-state index is 5.64. The van der Waals surface area contributed by atoms with Crippen molar-refractivity contribution >= 4 is 0 Å². The van der Waals surface area contributed by atoms with Crippen molar-refractivity contribution < 1.29 is 4.74 Å². The van der Waals surface area contributed by atoms with Crippen LogP contribution in [0.5, 0.6) is 0 Å². The van der Waals surface area contributed by atoms with E-state index in [0.717, 1.165) is 6.61 Å². The lowest BCUT2D eigenvalue weighted by Gasteiger charge is -2.16. The van der Waals surface area contributed by atoms with Gasteiger partial charge in [0.05, 0.1) is 12.7 Å². The Bertz CT molecular complexity index is 81.3. The van der Waals surface area contributed by atoms with E-state index in [9.17, 15) is 0 Å². The van der Waals surface area contributed by atoms with Gasteiger partial charge in [-0.25, -0.2) is 0 Å². The summed E-state index contributed by atoms with van der Waals surface area (Å²) in [7, 11) is 0. The van der Waals surface area contributed by atoms with Crippen molar-refractivity contribution in [1.82, 2.24) is 0 Å². The first-order valence-electron chi connectivity index (χ1n) is 3.91. The van der Waals surface area contributed by atoms with Crippen LogP contribution in [0.15, 0.2) is 0 Å². The second-order valence-electron chi connectivity index (χ2n) is 3.22. The predicted molar refractivity (Wildman–Crippen MR) is 43.9 cm³/mol. The van der Waals surface area contributed by atoms with E-state index in [0.29, 0.717) is 12.0 Å². The number of hydrogen-bond donors (Lipinski definition) is 1. The Morgan fingerprint density at radius 2 is 1.70 bits per heavy atom. The van der Waals surface area contributed by atoms with Crippen LogP contribution < -0.4 is 5.73 Å². The third-order valence-electron chi connectivity index (χ3n) is 1.59. The van der Waals surface area contributed by atoms with Gasteiger partial charge in [-0.15, -0.1) is 0 Å². The quantitative estimate of drug-likeness (QED) is 0.649. The molecule has 0 aromatic heterocycles. The zero-order valence-electron chi connectivity index (χ0n) is 7.42. The summed E-state index contributed by atoms with van der Waals surface area (Å²) in [5.74, 6) is 0.461. The van der Waals surface area contributed by atoms with Crippen LogP contribution in [0.3, 0.4) is 0 Å². The van der Waals surface area contributed by atoms with Gasteiger partial charge in [-0.3, -0.25) is 0 Å². The third-order valence-corrected chi connectivity index (χ3v) is 1.59. The average Bonchev–Trinajstić information content (AvgIpc) is 1.82. The highest BCUT2D eigenvalue weighted by Gasteiger charge is 2.07. The summed E-state index contributed by atoms with van der Waals surface area (Å²) in [6, 6.07) is 0.235. The van der Waals surface area contributed by atoms with Gasteiger partial charge in [0, 0.05) is 6.04 Å². The molecular weight excluding hydrogens is 126 g/mol. The van der Waals surface area contributed by atoms with Crippen molar-refractivity contribution in [3.63, 3.8) is 0 Å². The van der Waals surface area contributed by atoms with Crippen LogP contribution in [-0.2, 0) is 4.74 Å². The van der Waals surface area contributed by atoms with Gasteiger partial charge in [-0.05, 0) is 26.7 Å². The molecule has 2 heteroatoms. The minimum atomic E-state index is 0.235. The fourth-order valence-corrected chi connectivity index (χ4v) is 0.496. The zero-order valence-corrected chi connectivity index (χ0v) is 7.42. The standard InChI is InChI=1S/C8H19NO/c1-6(2)10-5-7(3)8(4)9/h6-8H,5,9H2,1-4H3. The van der Waals surface area contributed by atoms with Gasteiger partial charge in [0.2, 0.25) is 0 Å². The molecule has 0 aromatic rings. The van der Waals surface area contributed by atoms with Crippen LogP contribution in [0.2, 0.25) is 0 Å². The van der Waals surface area contributed by atoms with Crippen molar-refractivity contribution in [3.05, 3.63) is 0 Å². The maximum Gasteiger partial charge on any atom is 0.0519 e. The van der Waals surface area contributed by atoms with E-state index in [-0.39, 0.29) is 6.04 Å². The molecule has 0 fully saturated rings. The largest absolute Gasteiger partial charge is 0.378 e. The van der Waals surface area contributed by atoms with Crippen LogP contribution in [0.1, 0.15) is 27.7 Å². The second-order valence-corrected chi connectivity index (χ2v) is 3.22.